The number of carbonyl (C=O) groups excluding carboxylic acids is 1. The minimum Gasteiger partial charge on any atom is -0.495 e. The summed E-state index contributed by atoms with van der Waals surface area (Å²) in [5, 5.41) is 2.73. The number of carbonyl (C=O) groups is 1. The molecule has 6 nitrogen and oxygen atoms in total. The van der Waals surface area contributed by atoms with E-state index < -0.39 is 27.7 Å². The molecule has 3 aromatic rings. The molecule has 1 amide bonds. The SMILES string of the molecule is COc1ccc(NC(=O)Cc2ccc(C(F)(F)F)cc2)cc1S(=O)(=O)Nc1ccccc1Cl. The lowest BCUT2D eigenvalue weighted by molar-refractivity contribution is -0.137. The minimum absolute atomic E-state index is 0.0373. The third-order valence-corrected chi connectivity index (χ3v) is 6.22. The van der Waals surface area contributed by atoms with Gasteiger partial charge in [0.15, 0.2) is 0 Å². The minimum atomic E-state index is -4.47. The molecular weight excluding hydrogens is 481 g/mol. The van der Waals surface area contributed by atoms with E-state index in [1.165, 1.54) is 49.6 Å². The molecule has 0 bridgehead atoms. The van der Waals surface area contributed by atoms with E-state index in [1.807, 2.05) is 0 Å². The first-order chi connectivity index (χ1) is 15.5. The van der Waals surface area contributed by atoms with Crippen LogP contribution in [0, 0.1) is 0 Å². The predicted octanol–water partition coefficient (Wildman–Crippen LogP) is 5.35. The Morgan fingerprint density at radius 3 is 2.30 bits per heavy atom. The molecule has 0 saturated carbocycles. The maximum Gasteiger partial charge on any atom is 0.416 e. The number of halogens is 4. The van der Waals surface area contributed by atoms with Crippen molar-refractivity contribution in [2.45, 2.75) is 17.5 Å². The van der Waals surface area contributed by atoms with Gasteiger partial charge in [0.1, 0.15) is 10.6 Å². The quantitative estimate of drug-likeness (QED) is 0.460. The van der Waals surface area contributed by atoms with Crippen LogP contribution < -0.4 is 14.8 Å². The van der Waals surface area contributed by atoms with Crippen molar-refractivity contribution in [2.75, 3.05) is 17.1 Å². The van der Waals surface area contributed by atoms with Gasteiger partial charge in [-0.15, -0.1) is 0 Å². The summed E-state index contributed by atoms with van der Waals surface area (Å²) in [7, 11) is -2.83. The Bertz CT molecular complexity index is 1260. The van der Waals surface area contributed by atoms with E-state index in [-0.39, 0.29) is 33.5 Å². The summed E-state index contributed by atoms with van der Waals surface area (Å²) in [4.78, 5) is 12.1. The molecule has 0 aliphatic heterocycles. The standard InChI is InChI=1S/C22H18ClF3N2O4S/c1-32-19-11-10-16(13-20(19)33(30,31)28-18-5-3-2-4-17(18)23)27-21(29)12-14-6-8-15(9-7-14)22(24,25)26/h2-11,13,28H,12H2,1H3,(H,27,29). The fourth-order valence-corrected chi connectivity index (χ4v) is 4.43. The maximum absolute atomic E-state index is 12.9. The molecule has 11 heteroatoms. The number of sulfonamides is 1. The smallest absolute Gasteiger partial charge is 0.416 e. The van der Waals surface area contributed by atoms with Gasteiger partial charge in [0.25, 0.3) is 10.0 Å². The predicted molar refractivity (Wildman–Crippen MR) is 119 cm³/mol. The summed E-state index contributed by atoms with van der Waals surface area (Å²) >= 11 is 6.03. The van der Waals surface area contributed by atoms with Gasteiger partial charge < -0.3 is 10.1 Å². The van der Waals surface area contributed by atoms with Gasteiger partial charge in [0.2, 0.25) is 5.91 Å². The molecular formula is C22H18ClF3N2O4S. The molecule has 0 saturated heterocycles. The van der Waals surface area contributed by atoms with Crippen LogP contribution >= 0.6 is 11.6 Å². The van der Waals surface area contributed by atoms with E-state index in [1.54, 1.807) is 12.1 Å². The van der Waals surface area contributed by atoms with Gasteiger partial charge >= 0.3 is 6.18 Å². The molecule has 0 aliphatic carbocycles. The molecule has 33 heavy (non-hydrogen) atoms. The Morgan fingerprint density at radius 1 is 1.03 bits per heavy atom. The third kappa shape index (κ3) is 6.17. The zero-order valence-corrected chi connectivity index (χ0v) is 18.7. The molecule has 174 valence electrons. The summed E-state index contributed by atoms with van der Waals surface area (Å²) in [6.45, 7) is 0. The number of ether oxygens (including phenoxy) is 1. The highest BCUT2D eigenvalue weighted by Gasteiger charge is 2.30. The normalized spacial score (nSPS) is 11.7. The fraction of sp³-hybridized carbons (Fsp3) is 0.136. The van der Waals surface area contributed by atoms with Crippen LogP contribution in [-0.4, -0.2) is 21.4 Å². The van der Waals surface area contributed by atoms with Crippen LogP contribution in [0.1, 0.15) is 11.1 Å². The Labute approximate surface area is 193 Å². The molecule has 0 unspecified atom stereocenters. The van der Waals surface area contributed by atoms with Gasteiger partial charge in [0.05, 0.1) is 29.8 Å². The number of amides is 1. The molecule has 0 spiro atoms. The number of anilines is 2. The molecule has 0 heterocycles. The van der Waals surface area contributed by atoms with Crippen LogP contribution in [0.3, 0.4) is 0 Å². The van der Waals surface area contributed by atoms with E-state index in [4.69, 9.17) is 16.3 Å². The van der Waals surface area contributed by atoms with E-state index in [2.05, 4.69) is 10.0 Å². The van der Waals surface area contributed by atoms with Crippen molar-refractivity contribution >= 4 is 38.9 Å². The Hall–Kier alpha value is -3.24. The lowest BCUT2D eigenvalue weighted by Gasteiger charge is -2.14. The number of methoxy groups -OCH3 is 1. The highest BCUT2D eigenvalue weighted by molar-refractivity contribution is 7.92. The van der Waals surface area contributed by atoms with Crippen LogP contribution in [0.5, 0.6) is 5.75 Å². The molecule has 2 N–H and O–H groups in total. The first-order valence-electron chi connectivity index (χ1n) is 9.41. The Balaban J connectivity index is 1.79. The molecule has 0 radical (unpaired) electrons. The van der Waals surface area contributed by atoms with Crippen LogP contribution in [0.25, 0.3) is 0 Å². The molecule has 0 atom stereocenters. The molecule has 0 aromatic heterocycles. The van der Waals surface area contributed by atoms with E-state index in [9.17, 15) is 26.4 Å². The average Bonchev–Trinajstić information content (AvgIpc) is 2.75. The van der Waals surface area contributed by atoms with Gasteiger partial charge in [-0.1, -0.05) is 35.9 Å². The molecule has 3 rings (SSSR count). The number of rotatable bonds is 7. The molecule has 0 aliphatic rings. The van der Waals surface area contributed by atoms with Crippen molar-refractivity contribution in [1.29, 1.82) is 0 Å². The van der Waals surface area contributed by atoms with E-state index in [0.29, 0.717) is 5.56 Å². The van der Waals surface area contributed by atoms with E-state index >= 15 is 0 Å². The first-order valence-corrected chi connectivity index (χ1v) is 11.3. The topological polar surface area (TPSA) is 84.5 Å². The second-order valence-corrected chi connectivity index (χ2v) is 8.93. The number of hydrogen-bond donors (Lipinski definition) is 2. The summed E-state index contributed by atoms with van der Waals surface area (Å²) in [5.74, 6) is -0.502. The zero-order chi connectivity index (χ0) is 24.2. The fourth-order valence-electron chi connectivity index (χ4n) is 2.91. The third-order valence-electron chi connectivity index (χ3n) is 4.50. The highest BCUT2D eigenvalue weighted by Crippen LogP contribution is 2.31. The van der Waals surface area contributed by atoms with Crippen molar-refractivity contribution in [1.82, 2.24) is 0 Å². The number of nitrogens with one attached hydrogen (secondary N) is 2. The number of para-hydroxylation sites is 1. The Morgan fingerprint density at radius 2 is 1.70 bits per heavy atom. The number of benzene rings is 3. The van der Waals surface area contributed by atoms with Gasteiger partial charge in [-0.2, -0.15) is 13.2 Å². The van der Waals surface area contributed by atoms with Crippen molar-refractivity contribution in [2.24, 2.45) is 0 Å². The van der Waals surface area contributed by atoms with E-state index in [0.717, 1.165) is 12.1 Å². The van der Waals surface area contributed by atoms with Crippen LogP contribution in [-0.2, 0) is 27.4 Å². The molecule has 0 fully saturated rings. The molecule has 3 aromatic carbocycles. The van der Waals surface area contributed by atoms with Crippen molar-refractivity contribution in [3.05, 3.63) is 82.9 Å². The average molecular weight is 499 g/mol. The summed E-state index contributed by atoms with van der Waals surface area (Å²) in [6, 6.07) is 14.5. The summed E-state index contributed by atoms with van der Waals surface area (Å²) < 4.78 is 71.4. The van der Waals surface area contributed by atoms with Crippen molar-refractivity contribution in [3.8, 4) is 5.75 Å². The second-order valence-electron chi connectivity index (χ2n) is 6.87. The lowest BCUT2D eigenvalue weighted by Crippen LogP contribution is -2.17. The van der Waals surface area contributed by atoms with Gasteiger partial charge in [-0.25, -0.2) is 8.42 Å². The van der Waals surface area contributed by atoms with Crippen LogP contribution in [0.4, 0.5) is 24.5 Å². The summed E-state index contributed by atoms with van der Waals surface area (Å²) in [5.41, 5.74) is -0.130. The number of alkyl halides is 3. The monoisotopic (exact) mass is 498 g/mol. The Kier molecular flexibility index (Phi) is 7.19. The van der Waals surface area contributed by atoms with Crippen molar-refractivity contribution < 1.29 is 31.1 Å². The van der Waals surface area contributed by atoms with Crippen molar-refractivity contribution in [3.63, 3.8) is 0 Å². The zero-order valence-electron chi connectivity index (χ0n) is 17.1. The van der Waals surface area contributed by atoms with Gasteiger partial charge in [0, 0.05) is 5.69 Å². The summed E-state index contributed by atoms with van der Waals surface area (Å²) in [6.07, 6.45) is -4.67. The maximum atomic E-state index is 12.9. The van der Waals surface area contributed by atoms with Crippen LogP contribution in [0.2, 0.25) is 5.02 Å². The lowest BCUT2D eigenvalue weighted by atomic mass is 10.1. The van der Waals surface area contributed by atoms with Gasteiger partial charge in [-0.05, 0) is 48.0 Å². The van der Waals surface area contributed by atoms with Crippen LogP contribution in [0.15, 0.2) is 71.6 Å². The first kappa shape index (κ1) is 24.4. The highest BCUT2D eigenvalue weighted by atomic mass is 35.5. The largest absolute Gasteiger partial charge is 0.495 e. The second kappa shape index (κ2) is 9.72. The van der Waals surface area contributed by atoms with Gasteiger partial charge in [-0.3, -0.25) is 9.52 Å². The number of hydrogen-bond acceptors (Lipinski definition) is 4.